The highest BCUT2D eigenvalue weighted by molar-refractivity contribution is 5.78. The van der Waals surface area contributed by atoms with Gasteiger partial charge in [0.15, 0.2) is 6.61 Å². The summed E-state index contributed by atoms with van der Waals surface area (Å²) in [6.07, 6.45) is 7.81. The van der Waals surface area contributed by atoms with Crippen molar-refractivity contribution in [1.29, 1.82) is 0 Å². The lowest BCUT2D eigenvalue weighted by Gasteiger charge is -2.37. The van der Waals surface area contributed by atoms with Crippen LogP contribution in [-0.2, 0) is 11.3 Å². The van der Waals surface area contributed by atoms with Crippen molar-refractivity contribution in [1.82, 2.24) is 19.7 Å². The van der Waals surface area contributed by atoms with Gasteiger partial charge in [0, 0.05) is 19.0 Å². The summed E-state index contributed by atoms with van der Waals surface area (Å²) in [5.74, 6) is 1.99. The van der Waals surface area contributed by atoms with E-state index in [-0.39, 0.29) is 23.8 Å². The summed E-state index contributed by atoms with van der Waals surface area (Å²) < 4.78 is 7.93. The first kappa shape index (κ1) is 20.7. The van der Waals surface area contributed by atoms with Crippen LogP contribution in [0, 0.1) is 5.41 Å². The summed E-state index contributed by atoms with van der Waals surface area (Å²) in [4.78, 5) is 15.1. The highest BCUT2D eigenvalue weighted by atomic mass is 16.5. The quantitative estimate of drug-likeness (QED) is 0.586. The second-order valence-electron chi connectivity index (χ2n) is 9.15. The monoisotopic (exact) mass is 430 g/mol. The van der Waals surface area contributed by atoms with E-state index in [2.05, 4.69) is 39.0 Å². The molecule has 1 saturated carbocycles. The van der Waals surface area contributed by atoms with E-state index < -0.39 is 0 Å². The summed E-state index contributed by atoms with van der Waals surface area (Å²) >= 11 is 0. The number of nitrogens with zero attached hydrogens (tertiary/aromatic N) is 4. The summed E-state index contributed by atoms with van der Waals surface area (Å²) in [7, 11) is 0. The number of aromatic nitrogens is 3. The van der Waals surface area contributed by atoms with Gasteiger partial charge in [0.25, 0.3) is 5.91 Å². The van der Waals surface area contributed by atoms with Crippen LogP contribution in [0.1, 0.15) is 49.4 Å². The van der Waals surface area contributed by atoms with Crippen molar-refractivity contribution in [3.63, 3.8) is 0 Å². The zero-order valence-electron chi connectivity index (χ0n) is 18.4. The minimum absolute atomic E-state index is 0.0513. The van der Waals surface area contributed by atoms with Gasteiger partial charge in [-0.25, -0.2) is 0 Å². The molecule has 0 radical (unpaired) electrons. The normalized spacial score (nSPS) is 19.9. The molecule has 5 rings (SSSR count). The number of hydrogen-bond acceptors (Lipinski definition) is 4. The van der Waals surface area contributed by atoms with Gasteiger partial charge < -0.3 is 14.2 Å². The van der Waals surface area contributed by atoms with E-state index >= 15 is 0 Å². The highest BCUT2D eigenvalue weighted by Crippen LogP contribution is 2.51. The van der Waals surface area contributed by atoms with Gasteiger partial charge in [0.2, 0.25) is 0 Å². The maximum absolute atomic E-state index is 13.1. The van der Waals surface area contributed by atoms with Crippen LogP contribution in [0.15, 0.2) is 67.0 Å². The highest BCUT2D eigenvalue weighted by Gasteiger charge is 2.50. The van der Waals surface area contributed by atoms with Gasteiger partial charge in [-0.15, -0.1) is 10.2 Å². The molecule has 32 heavy (non-hydrogen) atoms. The molecular formula is C26H30N4O2. The molecule has 1 atom stereocenters. The number of benzene rings is 2. The fraction of sp³-hybridized carbons (Fsp3) is 0.423. The van der Waals surface area contributed by atoms with Crippen molar-refractivity contribution >= 4 is 5.91 Å². The zero-order valence-corrected chi connectivity index (χ0v) is 18.4. The first-order valence-corrected chi connectivity index (χ1v) is 11.6. The smallest absolute Gasteiger partial charge is 0.260 e. The molecule has 1 aromatic heterocycles. The lowest BCUT2D eigenvalue weighted by molar-refractivity contribution is -0.132. The summed E-state index contributed by atoms with van der Waals surface area (Å²) in [5.41, 5.74) is 1.32. The maximum atomic E-state index is 13.1. The van der Waals surface area contributed by atoms with Gasteiger partial charge in [-0.05, 0) is 36.0 Å². The van der Waals surface area contributed by atoms with Gasteiger partial charge in [-0.1, -0.05) is 67.8 Å². The van der Waals surface area contributed by atoms with E-state index in [4.69, 9.17) is 4.74 Å². The number of para-hydroxylation sites is 1. The van der Waals surface area contributed by atoms with E-state index in [1.165, 1.54) is 24.8 Å². The molecule has 1 amide bonds. The van der Waals surface area contributed by atoms with Crippen molar-refractivity contribution in [3.8, 4) is 5.75 Å². The number of likely N-dealkylation sites (tertiary alicyclic amines) is 1. The van der Waals surface area contributed by atoms with Crippen molar-refractivity contribution in [2.45, 2.75) is 44.6 Å². The minimum Gasteiger partial charge on any atom is -0.484 e. The Morgan fingerprint density at radius 2 is 1.72 bits per heavy atom. The largest absolute Gasteiger partial charge is 0.484 e. The van der Waals surface area contributed by atoms with Crippen LogP contribution in [-0.4, -0.2) is 45.3 Å². The lowest BCUT2D eigenvalue weighted by Crippen LogP contribution is -2.36. The minimum atomic E-state index is 0.0513. The van der Waals surface area contributed by atoms with Gasteiger partial charge in [0.1, 0.15) is 17.9 Å². The third-order valence-electron chi connectivity index (χ3n) is 7.11. The third-order valence-corrected chi connectivity index (χ3v) is 7.11. The molecule has 1 spiro atoms. The molecule has 1 aliphatic carbocycles. The molecule has 2 aliphatic rings. The number of ether oxygens (including phenoxy) is 1. The Kier molecular flexibility index (Phi) is 5.93. The van der Waals surface area contributed by atoms with Gasteiger partial charge in [0.05, 0.1) is 6.54 Å². The topological polar surface area (TPSA) is 60.2 Å². The summed E-state index contributed by atoms with van der Waals surface area (Å²) in [6.45, 7) is 2.29. The van der Waals surface area contributed by atoms with Crippen LogP contribution in [0.25, 0.3) is 0 Å². The van der Waals surface area contributed by atoms with Crippen LogP contribution in [0.2, 0.25) is 0 Å². The number of carbonyl (C=O) groups excluding carboxylic acids is 1. The average molecular weight is 431 g/mol. The van der Waals surface area contributed by atoms with Crippen molar-refractivity contribution < 1.29 is 9.53 Å². The van der Waals surface area contributed by atoms with Crippen LogP contribution in [0.5, 0.6) is 5.75 Å². The molecule has 0 bridgehead atoms. The fourth-order valence-electron chi connectivity index (χ4n) is 5.47. The second kappa shape index (κ2) is 9.15. The Morgan fingerprint density at radius 3 is 2.47 bits per heavy atom. The molecule has 1 aliphatic heterocycles. The second-order valence-corrected chi connectivity index (χ2v) is 9.15. The SMILES string of the molecule is O=C(COc1ccccc1)N1CC(c2nncn2Cc2ccccc2)C2(CCCCC2)C1. The van der Waals surface area contributed by atoms with Gasteiger partial charge in [-0.3, -0.25) is 4.79 Å². The fourth-order valence-corrected chi connectivity index (χ4v) is 5.47. The molecule has 2 fully saturated rings. The van der Waals surface area contributed by atoms with Crippen LogP contribution >= 0.6 is 0 Å². The van der Waals surface area contributed by atoms with E-state index in [1.807, 2.05) is 47.6 Å². The molecule has 2 aromatic carbocycles. The predicted octanol–water partition coefficient (Wildman–Crippen LogP) is 4.28. The van der Waals surface area contributed by atoms with E-state index in [0.717, 1.165) is 37.5 Å². The summed E-state index contributed by atoms with van der Waals surface area (Å²) in [5, 5.41) is 8.85. The van der Waals surface area contributed by atoms with E-state index in [0.29, 0.717) is 6.54 Å². The molecule has 0 N–H and O–H groups in total. The van der Waals surface area contributed by atoms with Gasteiger partial charge >= 0.3 is 0 Å². The molecule has 3 aromatic rings. The average Bonchev–Trinajstić information content (AvgIpc) is 3.43. The molecule has 1 saturated heterocycles. The number of amides is 1. The zero-order chi connectivity index (χ0) is 21.8. The Bertz CT molecular complexity index is 1030. The Morgan fingerprint density at radius 1 is 1.00 bits per heavy atom. The first-order chi connectivity index (χ1) is 15.7. The molecular weight excluding hydrogens is 400 g/mol. The van der Waals surface area contributed by atoms with Crippen LogP contribution < -0.4 is 4.74 Å². The Hall–Kier alpha value is -3.15. The standard InChI is InChI=1S/C26H30N4O2/c31-24(18-32-22-12-6-2-7-13-22)29-17-23(26(19-29)14-8-3-9-15-26)25-28-27-20-30(25)16-21-10-4-1-5-11-21/h1-2,4-7,10-13,20,23H,3,8-9,14-19H2. The predicted molar refractivity (Wildman–Crippen MR) is 122 cm³/mol. The molecule has 166 valence electrons. The van der Waals surface area contributed by atoms with Crippen molar-refractivity contribution in [2.24, 2.45) is 5.41 Å². The number of rotatable bonds is 6. The van der Waals surface area contributed by atoms with Gasteiger partial charge in [-0.2, -0.15) is 0 Å². The van der Waals surface area contributed by atoms with Crippen LogP contribution in [0.4, 0.5) is 0 Å². The molecule has 6 nitrogen and oxygen atoms in total. The van der Waals surface area contributed by atoms with E-state index in [9.17, 15) is 4.79 Å². The Labute approximate surface area is 189 Å². The van der Waals surface area contributed by atoms with E-state index in [1.54, 1.807) is 0 Å². The molecule has 6 heteroatoms. The lowest BCUT2D eigenvalue weighted by atomic mass is 9.67. The van der Waals surface area contributed by atoms with Crippen LogP contribution in [0.3, 0.4) is 0 Å². The number of carbonyl (C=O) groups is 1. The summed E-state index contributed by atoms with van der Waals surface area (Å²) in [6, 6.07) is 20.0. The third kappa shape index (κ3) is 4.27. The first-order valence-electron chi connectivity index (χ1n) is 11.6. The molecule has 2 heterocycles. The number of hydrogen-bond donors (Lipinski definition) is 0. The molecule has 1 unspecified atom stereocenters. The Balaban J connectivity index is 1.35. The van der Waals surface area contributed by atoms with Crippen molar-refractivity contribution in [2.75, 3.05) is 19.7 Å². The maximum Gasteiger partial charge on any atom is 0.260 e. The van der Waals surface area contributed by atoms with Crippen molar-refractivity contribution in [3.05, 3.63) is 78.4 Å².